The number of rotatable bonds is 3. The number of hydrogen-bond donors (Lipinski definition) is 0. The maximum absolute atomic E-state index is 12.5. The van der Waals surface area contributed by atoms with Crippen LogP contribution in [0.2, 0.25) is 0 Å². The highest BCUT2D eigenvalue weighted by atomic mass is 19.4. The standard InChI is InChI=1S/C18H27F3/c1-7-15(18(19,20)21)12-10-8-9-11-13-17(5,6)14-16(2,3)4/h15H,7,9,12,14H2,1-6H3. The van der Waals surface area contributed by atoms with Gasteiger partial charge in [-0.25, -0.2) is 0 Å². The highest BCUT2D eigenvalue weighted by molar-refractivity contribution is 5.16. The van der Waals surface area contributed by atoms with E-state index in [1.54, 1.807) is 0 Å². The molecule has 0 aromatic heterocycles. The van der Waals surface area contributed by atoms with Gasteiger partial charge < -0.3 is 0 Å². The largest absolute Gasteiger partial charge is 0.392 e. The smallest absolute Gasteiger partial charge is 0.171 e. The molecule has 0 heterocycles. The van der Waals surface area contributed by atoms with E-state index in [1.807, 2.05) is 0 Å². The van der Waals surface area contributed by atoms with Crippen molar-refractivity contribution in [3.05, 3.63) is 0 Å². The van der Waals surface area contributed by atoms with Gasteiger partial charge in [-0.05, 0) is 32.1 Å². The van der Waals surface area contributed by atoms with E-state index >= 15 is 0 Å². The quantitative estimate of drug-likeness (QED) is 0.576. The fourth-order valence-corrected chi connectivity index (χ4v) is 2.45. The van der Waals surface area contributed by atoms with Crippen molar-refractivity contribution in [1.29, 1.82) is 0 Å². The van der Waals surface area contributed by atoms with Gasteiger partial charge in [-0.15, -0.1) is 5.92 Å². The average molecular weight is 300 g/mol. The molecule has 0 radical (unpaired) electrons. The highest BCUT2D eigenvalue weighted by Crippen LogP contribution is 2.32. The molecule has 0 nitrogen and oxygen atoms in total. The molecule has 0 aliphatic heterocycles. The van der Waals surface area contributed by atoms with Crippen molar-refractivity contribution in [2.45, 2.75) is 73.4 Å². The van der Waals surface area contributed by atoms with E-state index in [-0.39, 0.29) is 23.7 Å². The van der Waals surface area contributed by atoms with Gasteiger partial charge in [-0.1, -0.05) is 45.5 Å². The van der Waals surface area contributed by atoms with Crippen LogP contribution in [-0.2, 0) is 0 Å². The van der Waals surface area contributed by atoms with Gasteiger partial charge in [0, 0.05) is 11.8 Å². The van der Waals surface area contributed by atoms with Crippen LogP contribution in [0.25, 0.3) is 0 Å². The molecule has 0 amide bonds. The number of alkyl halides is 3. The molecule has 0 N–H and O–H groups in total. The maximum atomic E-state index is 12.5. The first-order valence-electron chi connectivity index (χ1n) is 7.40. The number of hydrogen-bond acceptors (Lipinski definition) is 0. The second-order valence-electron chi connectivity index (χ2n) is 7.30. The van der Waals surface area contributed by atoms with E-state index in [1.165, 1.54) is 6.92 Å². The van der Waals surface area contributed by atoms with Crippen LogP contribution in [0.5, 0.6) is 0 Å². The van der Waals surface area contributed by atoms with Crippen molar-refractivity contribution in [3.8, 4) is 23.7 Å². The summed E-state index contributed by atoms with van der Waals surface area (Å²) >= 11 is 0. The lowest BCUT2D eigenvalue weighted by molar-refractivity contribution is -0.173. The summed E-state index contributed by atoms with van der Waals surface area (Å²) in [6.07, 6.45) is -2.91. The van der Waals surface area contributed by atoms with E-state index < -0.39 is 12.1 Å². The molecule has 0 saturated carbocycles. The minimum Gasteiger partial charge on any atom is -0.171 e. The maximum Gasteiger partial charge on any atom is 0.392 e. The Balaban J connectivity index is 4.41. The van der Waals surface area contributed by atoms with E-state index in [9.17, 15) is 13.2 Å². The van der Waals surface area contributed by atoms with Crippen molar-refractivity contribution in [2.75, 3.05) is 0 Å². The van der Waals surface area contributed by atoms with Crippen LogP contribution in [-0.4, -0.2) is 6.18 Å². The summed E-state index contributed by atoms with van der Waals surface area (Å²) in [4.78, 5) is 0. The van der Waals surface area contributed by atoms with Gasteiger partial charge in [0.1, 0.15) is 0 Å². The highest BCUT2D eigenvalue weighted by Gasteiger charge is 2.37. The van der Waals surface area contributed by atoms with Crippen molar-refractivity contribution in [3.63, 3.8) is 0 Å². The first kappa shape index (κ1) is 19.9. The van der Waals surface area contributed by atoms with Crippen LogP contribution in [0.15, 0.2) is 0 Å². The SMILES string of the molecule is CCC(CC#CCC#CC(C)(C)CC(C)(C)C)C(F)(F)F. The molecule has 0 saturated heterocycles. The average Bonchev–Trinajstić information content (AvgIpc) is 2.22. The molecule has 0 aliphatic rings. The third kappa shape index (κ3) is 10.3. The van der Waals surface area contributed by atoms with Crippen molar-refractivity contribution >= 4 is 0 Å². The molecule has 0 rings (SSSR count). The van der Waals surface area contributed by atoms with E-state index in [4.69, 9.17) is 0 Å². The lowest BCUT2D eigenvalue weighted by Crippen LogP contribution is -2.21. The zero-order valence-corrected chi connectivity index (χ0v) is 14.0. The Hall–Kier alpha value is -1.09. The van der Waals surface area contributed by atoms with Gasteiger partial charge in [0.05, 0.1) is 12.3 Å². The van der Waals surface area contributed by atoms with Crippen molar-refractivity contribution in [2.24, 2.45) is 16.7 Å². The second-order valence-corrected chi connectivity index (χ2v) is 7.30. The monoisotopic (exact) mass is 300 g/mol. The Bertz CT molecular complexity index is 428. The van der Waals surface area contributed by atoms with Gasteiger partial charge >= 0.3 is 6.18 Å². The molecule has 0 spiro atoms. The topological polar surface area (TPSA) is 0 Å². The summed E-state index contributed by atoms with van der Waals surface area (Å²) < 4.78 is 37.5. The molecule has 0 bridgehead atoms. The molecule has 0 aromatic carbocycles. The summed E-state index contributed by atoms with van der Waals surface area (Å²) in [5, 5.41) is 0. The Morgan fingerprint density at radius 3 is 1.90 bits per heavy atom. The van der Waals surface area contributed by atoms with Gasteiger partial charge in [0.2, 0.25) is 0 Å². The van der Waals surface area contributed by atoms with Crippen LogP contribution >= 0.6 is 0 Å². The van der Waals surface area contributed by atoms with Gasteiger partial charge in [-0.2, -0.15) is 13.2 Å². The lowest BCUT2D eigenvalue weighted by atomic mass is 9.77. The summed E-state index contributed by atoms with van der Waals surface area (Å²) in [5.74, 6) is 10.2. The van der Waals surface area contributed by atoms with Gasteiger partial charge in [-0.3, -0.25) is 0 Å². The Morgan fingerprint density at radius 2 is 1.48 bits per heavy atom. The molecular weight excluding hydrogens is 273 g/mol. The van der Waals surface area contributed by atoms with Gasteiger partial charge in [0.15, 0.2) is 0 Å². The Labute approximate surface area is 127 Å². The predicted molar refractivity (Wildman–Crippen MR) is 82.5 cm³/mol. The molecule has 0 aromatic rings. The zero-order chi connectivity index (χ0) is 16.7. The molecule has 3 heteroatoms. The minimum atomic E-state index is -4.15. The fraction of sp³-hybridized carbons (Fsp3) is 0.778. The first-order valence-corrected chi connectivity index (χ1v) is 7.40. The summed E-state index contributed by atoms with van der Waals surface area (Å²) in [6.45, 7) is 12.2. The molecule has 1 unspecified atom stereocenters. The second kappa shape index (κ2) is 7.79. The summed E-state index contributed by atoms with van der Waals surface area (Å²) in [7, 11) is 0. The molecule has 0 aliphatic carbocycles. The Morgan fingerprint density at radius 1 is 0.905 bits per heavy atom. The van der Waals surface area contributed by atoms with E-state index in [2.05, 4.69) is 58.3 Å². The zero-order valence-electron chi connectivity index (χ0n) is 14.0. The number of halogens is 3. The summed E-state index contributed by atoms with van der Waals surface area (Å²) in [6, 6.07) is 0. The van der Waals surface area contributed by atoms with Crippen LogP contribution in [0, 0.1) is 40.4 Å². The van der Waals surface area contributed by atoms with Crippen molar-refractivity contribution in [1.82, 2.24) is 0 Å². The van der Waals surface area contributed by atoms with E-state index in [0.717, 1.165) is 6.42 Å². The minimum absolute atomic E-state index is 0.0719. The predicted octanol–water partition coefficient (Wildman–Crippen LogP) is 5.82. The third-order valence-electron chi connectivity index (χ3n) is 3.00. The van der Waals surface area contributed by atoms with Crippen LogP contribution in [0.4, 0.5) is 13.2 Å². The normalized spacial score (nSPS) is 13.8. The molecular formula is C18H27F3. The first-order chi connectivity index (χ1) is 9.37. The van der Waals surface area contributed by atoms with Crippen LogP contribution < -0.4 is 0 Å². The van der Waals surface area contributed by atoms with Crippen LogP contribution in [0.1, 0.15) is 67.2 Å². The van der Waals surface area contributed by atoms with E-state index in [0.29, 0.717) is 6.42 Å². The van der Waals surface area contributed by atoms with Crippen molar-refractivity contribution < 1.29 is 13.2 Å². The third-order valence-corrected chi connectivity index (χ3v) is 3.00. The molecule has 0 fully saturated rings. The molecule has 120 valence electrons. The Kier molecular flexibility index (Phi) is 7.38. The van der Waals surface area contributed by atoms with Gasteiger partial charge in [0.25, 0.3) is 0 Å². The fourth-order valence-electron chi connectivity index (χ4n) is 2.45. The summed E-state index contributed by atoms with van der Waals surface area (Å²) in [5.41, 5.74) is 0.1000. The molecule has 21 heavy (non-hydrogen) atoms. The molecule has 1 atom stereocenters. The lowest BCUT2D eigenvalue weighted by Gasteiger charge is -2.27. The van der Waals surface area contributed by atoms with Crippen LogP contribution in [0.3, 0.4) is 0 Å².